The van der Waals surface area contributed by atoms with Crippen molar-refractivity contribution >= 4 is 22.6 Å². The molecule has 1 heterocycles. The van der Waals surface area contributed by atoms with Crippen LogP contribution < -0.4 is 10.9 Å². The second-order valence-corrected chi connectivity index (χ2v) is 7.57. The van der Waals surface area contributed by atoms with Crippen molar-refractivity contribution in [2.75, 3.05) is 5.32 Å². The summed E-state index contributed by atoms with van der Waals surface area (Å²) in [6.07, 6.45) is -0.122. The molecule has 146 valence electrons. The molecule has 0 aliphatic rings. The number of carbonyl (C=O) groups excluding carboxylic acids is 1. The third kappa shape index (κ3) is 3.65. The van der Waals surface area contributed by atoms with E-state index in [9.17, 15) is 14.7 Å². The number of anilines is 1. The summed E-state index contributed by atoms with van der Waals surface area (Å²) in [4.78, 5) is 25.2. The first-order valence-electron chi connectivity index (χ1n) is 9.34. The van der Waals surface area contributed by atoms with Gasteiger partial charge in [0.25, 0.3) is 0 Å². The summed E-state index contributed by atoms with van der Waals surface area (Å²) in [5.41, 5.74) is 4.17. The van der Waals surface area contributed by atoms with E-state index < -0.39 is 5.63 Å². The lowest BCUT2D eigenvalue weighted by molar-refractivity contribution is -0.115. The molecule has 2 N–H and O–H groups in total. The molecule has 0 saturated heterocycles. The zero-order valence-corrected chi connectivity index (χ0v) is 16.8. The van der Waals surface area contributed by atoms with Gasteiger partial charge in [0.1, 0.15) is 11.3 Å². The van der Waals surface area contributed by atoms with Crippen LogP contribution in [0.1, 0.15) is 47.6 Å². The van der Waals surface area contributed by atoms with Gasteiger partial charge < -0.3 is 14.8 Å². The van der Waals surface area contributed by atoms with E-state index in [1.165, 1.54) is 0 Å². The van der Waals surface area contributed by atoms with Crippen LogP contribution >= 0.6 is 0 Å². The van der Waals surface area contributed by atoms with E-state index in [0.717, 1.165) is 22.4 Å². The molecule has 2 aromatic carbocycles. The number of phenolic OH excluding ortho intramolecular Hbond substituents is 1. The number of nitrogens with one attached hydrogen (secondary N) is 1. The Kier molecular flexibility index (Phi) is 5.27. The molecular formula is C23H25NO4. The Labute approximate surface area is 164 Å². The van der Waals surface area contributed by atoms with Gasteiger partial charge in [0.05, 0.1) is 17.4 Å². The summed E-state index contributed by atoms with van der Waals surface area (Å²) in [7, 11) is 0. The fourth-order valence-electron chi connectivity index (χ4n) is 3.55. The average Bonchev–Trinajstić information content (AvgIpc) is 2.59. The maximum absolute atomic E-state index is 12.7. The second kappa shape index (κ2) is 7.50. The van der Waals surface area contributed by atoms with E-state index in [2.05, 4.69) is 19.2 Å². The van der Waals surface area contributed by atoms with Crippen LogP contribution in [-0.4, -0.2) is 11.0 Å². The van der Waals surface area contributed by atoms with Crippen LogP contribution in [0.4, 0.5) is 5.69 Å². The molecule has 5 nitrogen and oxygen atoms in total. The number of phenols is 1. The van der Waals surface area contributed by atoms with E-state index in [0.29, 0.717) is 16.5 Å². The van der Waals surface area contributed by atoms with Gasteiger partial charge in [0.2, 0.25) is 5.91 Å². The maximum Gasteiger partial charge on any atom is 0.340 e. The Morgan fingerprint density at radius 1 is 1.18 bits per heavy atom. The molecule has 3 aromatic rings. The fourth-order valence-corrected chi connectivity index (χ4v) is 3.55. The predicted octanol–water partition coefficient (Wildman–Crippen LogP) is 4.73. The smallest absolute Gasteiger partial charge is 0.340 e. The number of carbonyl (C=O) groups is 1. The van der Waals surface area contributed by atoms with Crippen LogP contribution in [-0.2, 0) is 11.2 Å². The highest BCUT2D eigenvalue weighted by Gasteiger charge is 2.19. The standard InChI is InChI=1S/C23H25NO4/c1-12(2)16-8-6-7-14(4)22(16)24-20(26)11-17-15(5)21-18(25)9-13(3)10-19(21)28-23(17)27/h6-10,12,25H,11H2,1-5H3,(H,24,26). The molecule has 0 saturated carbocycles. The first-order valence-corrected chi connectivity index (χ1v) is 9.34. The summed E-state index contributed by atoms with van der Waals surface area (Å²) < 4.78 is 5.38. The van der Waals surface area contributed by atoms with Crippen LogP contribution in [0, 0.1) is 20.8 Å². The van der Waals surface area contributed by atoms with Crippen LogP contribution in [0.15, 0.2) is 39.5 Å². The molecule has 0 aliphatic carbocycles. The topological polar surface area (TPSA) is 79.5 Å². The first kappa shape index (κ1) is 19.7. The Morgan fingerprint density at radius 2 is 1.89 bits per heavy atom. The highest BCUT2D eigenvalue weighted by molar-refractivity contribution is 5.95. The van der Waals surface area contributed by atoms with Crippen LogP contribution in [0.5, 0.6) is 5.75 Å². The Bertz CT molecular complexity index is 1130. The molecule has 0 bridgehead atoms. The molecule has 0 aliphatic heterocycles. The van der Waals surface area contributed by atoms with Gasteiger partial charge in [-0.25, -0.2) is 4.79 Å². The average molecular weight is 379 g/mol. The van der Waals surface area contributed by atoms with Gasteiger partial charge in [-0.15, -0.1) is 0 Å². The molecule has 0 fully saturated rings. The molecule has 0 atom stereocenters. The van der Waals surface area contributed by atoms with Crippen molar-refractivity contribution < 1.29 is 14.3 Å². The highest BCUT2D eigenvalue weighted by atomic mass is 16.4. The third-order valence-corrected chi connectivity index (χ3v) is 5.03. The number of rotatable bonds is 4. The number of para-hydroxylation sites is 1. The van der Waals surface area contributed by atoms with E-state index in [1.807, 2.05) is 32.0 Å². The van der Waals surface area contributed by atoms with Gasteiger partial charge in [-0.2, -0.15) is 0 Å². The normalized spacial score (nSPS) is 11.2. The number of amides is 1. The quantitative estimate of drug-likeness (QED) is 0.642. The number of hydrogen-bond donors (Lipinski definition) is 2. The maximum atomic E-state index is 12.7. The van der Waals surface area contributed by atoms with Crippen molar-refractivity contribution in [1.29, 1.82) is 0 Å². The molecule has 5 heteroatoms. The SMILES string of the molecule is Cc1cc(O)c2c(C)c(CC(=O)Nc3c(C)cccc3C(C)C)c(=O)oc2c1. The second-order valence-electron chi connectivity index (χ2n) is 7.57. The highest BCUT2D eigenvalue weighted by Crippen LogP contribution is 2.31. The molecule has 28 heavy (non-hydrogen) atoms. The zero-order valence-electron chi connectivity index (χ0n) is 16.8. The van der Waals surface area contributed by atoms with Gasteiger partial charge in [-0.3, -0.25) is 4.79 Å². The Morgan fingerprint density at radius 3 is 2.57 bits per heavy atom. The summed E-state index contributed by atoms with van der Waals surface area (Å²) in [5.74, 6) is -0.000631. The van der Waals surface area contributed by atoms with E-state index in [1.54, 1.807) is 19.1 Å². The molecule has 0 unspecified atom stereocenters. The van der Waals surface area contributed by atoms with Crippen LogP contribution in [0.25, 0.3) is 11.0 Å². The van der Waals surface area contributed by atoms with Gasteiger partial charge in [-0.05, 0) is 61.1 Å². The number of aromatic hydroxyl groups is 1. The fraction of sp³-hybridized carbons (Fsp3) is 0.304. The Hall–Kier alpha value is -3.08. The zero-order chi connectivity index (χ0) is 20.6. The van der Waals surface area contributed by atoms with E-state index in [4.69, 9.17) is 4.42 Å². The number of fused-ring (bicyclic) bond motifs is 1. The van der Waals surface area contributed by atoms with Crippen molar-refractivity contribution in [3.63, 3.8) is 0 Å². The summed E-state index contributed by atoms with van der Waals surface area (Å²) in [6, 6.07) is 9.21. The van der Waals surface area contributed by atoms with Crippen molar-refractivity contribution in [1.82, 2.24) is 0 Å². The minimum Gasteiger partial charge on any atom is -0.507 e. The number of benzene rings is 2. The number of aryl methyl sites for hydroxylation is 3. The van der Waals surface area contributed by atoms with Crippen LogP contribution in [0.3, 0.4) is 0 Å². The third-order valence-electron chi connectivity index (χ3n) is 5.03. The van der Waals surface area contributed by atoms with Gasteiger partial charge in [-0.1, -0.05) is 32.0 Å². The molecule has 3 rings (SSSR count). The summed E-state index contributed by atoms with van der Waals surface area (Å²) in [6.45, 7) is 9.61. The van der Waals surface area contributed by atoms with Crippen molar-refractivity contribution in [3.05, 3.63) is 68.6 Å². The van der Waals surface area contributed by atoms with E-state index >= 15 is 0 Å². The largest absolute Gasteiger partial charge is 0.507 e. The lowest BCUT2D eigenvalue weighted by Crippen LogP contribution is -2.22. The van der Waals surface area contributed by atoms with Crippen LogP contribution in [0.2, 0.25) is 0 Å². The summed E-state index contributed by atoms with van der Waals surface area (Å²) >= 11 is 0. The molecule has 1 aromatic heterocycles. The van der Waals surface area contributed by atoms with Crippen molar-refractivity contribution in [3.8, 4) is 5.75 Å². The molecule has 1 amide bonds. The Balaban J connectivity index is 1.98. The molecule has 0 spiro atoms. The number of hydrogen-bond acceptors (Lipinski definition) is 4. The van der Waals surface area contributed by atoms with Gasteiger partial charge in [0.15, 0.2) is 0 Å². The minimum absolute atomic E-state index is 0.0407. The van der Waals surface area contributed by atoms with Gasteiger partial charge >= 0.3 is 5.63 Å². The van der Waals surface area contributed by atoms with Crippen molar-refractivity contribution in [2.24, 2.45) is 0 Å². The van der Waals surface area contributed by atoms with Gasteiger partial charge in [0, 0.05) is 5.69 Å². The molecular weight excluding hydrogens is 354 g/mol. The minimum atomic E-state index is -0.556. The predicted molar refractivity (Wildman–Crippen MR) is 111 cm³/mol. The monoisotopic (exact) mass is 379 g/mol. The molecule has 0 radical (unpaired) electrons. The lowest BCUT2D eigenvalue weighted by atomic mass is 9.97. The lowest BCUT2D eigenvalue weighted by Gasteiger charge is -2.17. The first-order chi connectivity index (χ1) is 13.2. The summed E-state index contributed by atoms with van der Waals surface area (Å²) in [5, 5.41) is 13.7. The van der Waals surface area contributed by atoms with E-state index in [-0.39, 0.29) is 29.6 Å². The van der Waals surface area contributed by atoms with Crippen molar-refractivity contribution in [2.45, 2.75) is 47.0 Å².